The molecule has 1 fully saturated rings. The van der Waals surface area contributed by atoms with E-state index in [9.17, 15) is 4.79 Å². The molecule has 21 heavy (non-hydrogen) atoms. The lowest BCUT2D eigenvalue weighted by molar-refractivity contribution is -0.122. The summed E-state index contributed by atoms with van der Waals surface area (Å²) in [6, 6.07) is 7.59. The van der Waals surface area contributed by atoms with E-state index in [2.05, 4.69) is 17.2 Å². The first kappa shape index (κ1) is 15.4. The molecule has 1 aromatic rings. The first-order valence-electron chi connectivity index (χ1n) is 7.67. The summed E-state index contributed by atoms with van der Waals surface area (Å²) in [7, 11) is 1.64. The number of rotatable bonds is 4. The van der Waals surface area contributed by atoms with Crippen molar-refractivity contribution in [3.63, 3.8) is 0 Å². The van der Waals surface area contributed by atoms with Gasteiger partial charge in [0, 0.05) is 12.0 Å². The van der Waals surface area contributed by atoms with Gasteiger partial charge < -0.3 is 10.1 Å². The van der Waals surface area contributed by atoms with Crippen LogP contribution in [-0.4, -0.2) is 19.6 Å². The summed E-state index contributed by atoms with van der Waals surface area (Å²) in [5.74, 6) is 7.55. The van der Waals surface area contributed by atoms with Crippen LogP contribution < -0.4 is 10.1 Å². The van der Waals surface area contributed by atoms with Crippen LogP contribution in [0.1, 0.15) is 44.1 Å². The van der Waals surface area contributed by atoms with E-state index in [0.29, 0.717) is 18.9 Å². The molecule has 0 atom stereocenters. The molecule has 0 aliphatic heterocycles. The number of benzene rings is 1. The fourth-order valence-electron chi connectivity index (χ4n) is 2.69. The van der Waals surface area contributed by atoms with Crippen LogP contribution in [0.3, 0.4) is 0 Å². The molecule has 1 aliphatic carbocycles. The summed E-state index contributed by atoms with van der Waals surface area (Å²) in [6.45, 7) is 0.414. The SMILES string of the molecule is COc1ccc(C#CCNC(=O)CC2CCCCC2)cc1. The van der Waals surface area contributed by atoms with Crippen LogP contribution in [0.2, 0.25) is 0 Å². The van der Waals surface area contributed by atoms with Crippen LogP contribution in [0.15, 0.2) is 24.3 Å². The second kappa shape index (κ2) is 8.36. The molecule has 2 rings (SSSR count). The fourth-order valence-corrected chi connectivity index (χ4v) is 2.69. The quantitative estimate of drug-likeness (QED) is 0.863. The Hall–Kier alpha value is -1.95. The molecule has 1 aromatic carbocycles. The molecule has 1 aliphatic rings. The average molecular weight is 285 g/mol. The molecule has 3 heteroatoms. The van der Waals surface area contributed by atoms with Crippen molar-refractivity contribution in [3.8, 4) is 17.6 Å². The van der Waals surface area contributed by atoms with Crippen molar-refractivity contribution in [2.24, 2.45) is 5.92 Å². The molecule has 0 spiro atoms. The maximum Gasteiger partial charge on any atom is 0.221 e. The van der Waals surface area contributed by atoms with Crippen molar-refractivity contribution in [1.82, 2.24) is 5.32 Å². The van der Waals surface area contributed by atoms with E-state index >= 15 is 0 Å². The Morgan fingerprint density at radius 1 is 1.24 bits per heavy atom. The molecular weight excluding hydrogens is 262 g/mol. The normalized spacial score (nSPS) is 14.9. The second-order valence-electron chi connectivity index (χ2n) is 5.52. The molecule has 0 aromatic heterocycles. The van der Waals surface area contributed by atoms with Gasteiger partial charge in [0.25, 0.3) is 0 Å². The minimum Gasteiger partial charge on any atom is -0.497 e. The molecule has 3 nitrogen and oxygen atoms in total. The van der Waals surface area contributed by atoms with Crippen molar-refractivity contribution in [2.45, 2.75) is 38.5 Å². The summed E-state index contributed by atoms with van der Waals surface area (Å²) in [5.41, 5.74) is 0.928. The minimum absolute atomic E-state index is 0.130. The Morgan fingerprint density at radius 3 is 2.62 bits per heavy atom. The number of ether oxygens (including phenoxy) is 1. The zero-order valence-corrected chi connectivity index (χ0v) is 12.7. The third kappa shape index (κ3) is 5.51. The number of nitrogens with one attached hydrogen (secondary N) is 1. The van der Waals surface area contributed by atoms with Crippen molar-refractivity contribution < 1.29 is 9.53 Å². The van der Waals surface area contributed by atoms with Crippen molar-refractivity contribution >= 4 is 5.91 Å². The summed E-state index contributed by atoms with van der Waals surface area (Å²) in [6.07, 6.45) is 6.93. The highest BCUT2D eigenvalue weighted by Crippen LogP contribution is 2.25. The monoisotopic (exact) mass is 285 g/mol. The topological polar surface area (TPSA) is 38.3 Å². The Kier molecular flexibility index (Phi) is 6.15. The van der Waals surface area contributed by atoms with Gasteiger partial charge in [-0.3, -0.25) is 4.79 Å². The molecular formula is C18H23NO2. The summed E-state index contributed by atoms with van der Waals surface area (Å²) >= 11 is 0. The molecule has 0 saturated heterocycles. The predicted molar refractivity (Wildman–Crippen MR) is 84.1 cm³/mol. The highest BCUT2D eigenvalue weighted by Gasteiger charge is 2.16. The summed E-state index contributed by atoms with van der Waals surface area (Å²) in [5, 5.41) is 2.89. The first-order chi connectivity index (χ1) is 10.3. The van der Waals surface area contributed by atoms with E-state index in [1.165, 1.54) is 32.1 Å². The number of carbonyl (C=O) groups excluding carboxylic acids is 1. The Balaban J connectivity index is 1.70. The van der Waals surface area contributed by atoms with Crippen LogP contribution in [0.5, 0.6) is 5.75 Å². The van der Waals surface area contributed by atoms with Gasteiger partial charge in [-0.05, 0) is 43.0 Å². The van der Waals surface area contributed by atoms with Gasteiger partial charge in [0.2, 0.25) is 5.91 Å². The van der Waals surface area contributed by atoms with E-state index < -0.39 is 0 Å². The van der Waals surface area contributed by atoms with Crippen molar-refractivity contribution in [2.75, 3.05) is 13.7 Å². The molecule has 1 N–H and O–H groups in total. The summed E-state index contributed by atoms with van der Waals surface area (Å²) in [4.78, 5) is 11.8. The largest absolute Gasteiger partial charge is 0.497 e. The molecule has 112 valence electrons. The standard InChI is InChI=1S/C18H23NO2/c1-21-17-11-9-15(10-12-17)8-5-13-19-18(20)14-16-6-3-2-4-7-16/h9-12,16H,2-4,6-7,13-14H2,1H3,(H,19,20). The van der Waals surface area contributed by atoms with Crippen LogP contribution in [0.4, 0.5) is 0 Å². The van der Waals surface area contributed by atoms with E-state index in [0.717, 1.165) is 11.3 Å². The third-order valence-electron chi connectivity index (χ3n) is 3.90. The number of hydrogen-bond donors (Lipinski definition) is 1. The maximum absolute atomic E-state index is 11.8. The van der Waals surface area contributed by atoms with Gasteiger partial charge in [-0.15, -0.1) is 0 Å². The van der Waals surface area contributed by atoms with Crippen LogP contribution >= 0.6 is 0 Å². The van der Waals surface area contributed by atoms with Gasteiger partial charge in [-0.25, -0.2) is 0 Å². The van der Waals surface area contributed by atoms with E-state index in [-0.39, 0.29) is 5.91 Å². The second-order valence-corrected chi connectivity index (χ2v) is 5.52. The molecule has 1 saturated carbocycles. The van der Waals surface area contributed by atoms with E-state index in [4.69, 9.17) is 4.74 Å². The minimum atomic E-state index is 0.130. The predicted octanol–water partition coefficient (Wildman–Crippen LogP) is 3.13. The average Bonchev–Trinajstić information content (AvgIpc) is 2.53. The highest BCUT2D eigenvalue weighted by molar-refractivity contribution is 5.76. The van der Waals surface area contributed by atoms with Gasteiger partial charge in [0.1, 0.15) is 5.75 Å². The molecule has 0 bridgehead atoms. The van der Waals surface area contributed by atoms with E-state index in [1.807, 2.05) is 24.3 Å². The van der Waals surface area contributed by atoms with Gasteiger partial charge in [-0.1, -0.05) is 31.1 Å². The lowest BCUT2D eigenvalue weighted by Crippen LogP contribution is -2.26. The van der Waals surface area contributed by atoms with Crippen LogP contribution in [0, 0.1) is 17.8 Å². The molecule has 0 unspecified atom stereocenters. The van der Waals surface area contributed by atoms with Crippen LogP contribution in [0.25, 0.3) is 0 Å². The van der Waals surface area contributed by atoms with Gasteiger partial charge in [0.05, 0.1) is 13.7 Å². The van der Waals surface area contributed by atoms with Gasteiger partial charge in [-0.2, -0.15) is 0 Å². The van der Waals surface area contributed by atoms with E-state index in [1.54, 1.807) is 7.11 Å². The summed E-state index contributed by atoms with van der Waals surface area (Å²) < 4.78 is 5.09. The number of amides is 1. The lowest BCUT2D eigenvalue weighted by atomic mass is 9.87. The zero-order chi connectivity index (χ0) is 14.9. The zero-order valence-electron chi connectivity index (χ0n) is 12.7. The Morgan fingerprint density at radius 2 is 1.95 bits per heavy atom. The Bertz CT molecular complexity index is 504. The first-order valence-corrected chi connectivity index (χ1v) is 7.67. The van der Waals surface area contributed by atoms with Crippen LogP contribution in [-0.2, 0) is 4.79 Å². The smallest absolute Gasteiger partial charge is 0.221 e. The number of methoxy groups -OCH3 is 1. The number of hydrogen-bond acceptors (Lipinski definition) is 2. The Labute approximate surface area is 127 Å². The molecule has 0 heterocycles. The highest BCUT2D eigenvalue weighted by atomic mass is 16.5. The molecule has 0 radical (unpaired) electrons. The maximum atomic E-state index is 11.8. The number of carbonyl (C=O) groups is 1. The molecule has 1 amide bonds. The lowest BCUT2D eigenvalue weighted by Gasteiger charge is -2.20. The van der Waals surface area contributed by atoms with Crippen molar-refractivity contribution in [1.29, 1.82) is 0 Å². The fraction of sp³-hybridized carbons (Fsp3) is 0.500. The van der Waals surface area contributed by atoms with Crippen molar-refractivity contribution in [3.05, 3.63) is 29.8 Å². The third-order valence-corrected chi connectivity index (χ3v) is 3.90. The van der Waals surface area contributed by atoms with Gasteiger partial charge in [0.15, 0.2) is 0 Å². The van der Waals surface area contributed by atoms with Gasteiger partial charge >= 0.3 is 0 Å².